The molecule has 2 N–H and O–H groups in total. The van der Waals surface area contributed by atoms with Crippen molar-refractivity contribution in [3.05, 3.63) is 59.7 Å². The van der Waals surface area contributed by atoms with Crippen LogP contribution in [-0.2, 0) is 11.2 Å². The van der Waals surface area contributed by atoms with E-state index in [-0.39, 0.29) is 11.8 Å². The zero-order chi connectivity index (χ0) is 16.1. The molecule has 5 nitrogen and oxygen atoms in total. The minimum Gasteiger partial charge on any atom is -0.491 e. The van der Waals surface area contributed by atoms with Crippen molar-refractivity contribution in [1.82, 2.24) is 5.32 Å². The molecule has 0 saturated heterocycles. The van der Waals surface area contributed by atoms with Gasteiger partial charge in [-0.25, -0.2) is 0 Å². The molecule has 0 unspecified atom stereocenters. The Kier molecular flexibility index (Phi) is 4.57. The normalized spacial score (nSPS) is 13.3. The van der Waals surface area contributed by atoms with E-state index < -0.39 is 0 Å². The molecule has 0 aromatic heterocycles. The van der Waals surface area contributed by atoms with Crippen molar-refractivity contribution in [2.75, 3.05) is 18.5 Å². The van der Waals surface area contributed by atoms with Gasteiger partial charge in [0.1, 0.15) is 5.75 Å². The van der Waals surface area contributed by atoms with E-state index in [0.717, 1.165) is 6.42 Å². The highest BCUT2D eigenvalue weighted by Crippen LogP contribution is 2.28. The van der Waals surface area contributed by atoms with Crippen LogP contribution >= 0.6 is 0 Å². The highest BCUT2D eigenvalue weighted by Gasteiger charge is 2.16. The van der Waals surface area contributed by atoms with Gasteiger partial charge in [0.15, 0.2) is 0 Å². The Bertz CT molecular complexity index is 713. The van der Waals surface area contributed by atoms with Crippen LogP contribution in [0.3, 0.4) is 0 Å². The standard InChI is InChI=1S/C18H18N2O3/c21-17-9-11-23-16-7-6-14(12-15(16)20-17)18(22)19-10-8-13-4-2-1-3-5-13/h1-7,12H,8-11H2,(H,19,22)(H,20,21). The lowest BCUT2D eigenvalue weighted by Gasteiger charge is -2.10. The number of carbonyl (C=O) groups excluding carboxylic acids is 2. The average Bonchev–Trinajstić information content (AvgIpc) is 2.75. The molecule has 3 rings (SSSR count). The fourth-order valence-corrected chi connectivity index (χ4v) is 2.43. The number of nitrogens with one attached hydrogen (secondary N) is 2. The van der Waals surface area contributed by atoms with Crippen LogP contribution in [0.2, 0.25) is 0 Å². The van der Waals surface area contributed by atoms with Crippen molar-refractivity contribution >= 4 is 17.5 Å². The molecule has 1 aliphatic rings. The topological polar surface area (TPSA) is 67.4 Å². The Morgan fingerprint density at radius 2 is 2.00 bits per heavy atom. The Morgan fingerprint density at radius 1 is 1.17 bits per heavy atom. The van der Waals surface area contributed by atoms with Crippen LogP contribution in [0.1, 0.15) is 22.3 Å². The molecule has 2 aromatic rings. The van der Waals surface area contributed by atoms with Gasteiger partial charge < -0.3 is 15.4 Å². The van der Waals surface area contributed by atoms with E-state index in [1.807, 2.05) is 30.3 Å². The second-order valence-electron chi connectivity index (χ2n) is 5.35. The molecule has 0 fully saturated rings. The number of anilines is 1. The van der Waals surface area contributed by atoms with E-state index in [1.54, 1.807) is 18.2 Å². The summed E-state index contributed by atoms with van der Waals surface area (Å²) in [6.07, 6.45) is 1.09. The van der Waals surface area contributed by atoms with E-state index in [2.05, 4.69) is 10.6 Å². The van der Waals surface area contributed by atoms with Gasteiger partial charge in [0.2, 0.25) is 5.91 Å². The minimum absolute atomic E-state index is 0.106. The second-order valence-corrected chi connectivity index (χ2v) is 5.35. The molecule has 0 saturated carbocycles. The zero-order valence-electron chi connectivity index (χ0n) is 12.7. The third kappa shape index (κ3) is 3.88. The number of fused-ring (bicyclic) bond motifs is 1. The maximum absolute atomic E-state index is 12.2. The van der Waals surface area contributed by atoms with Crippen LogP contribution in [0, 0.1) is 0 Å². The Balaban J connectivity index is 1.62. The molecule has 23 heavy (non-hydrogen) atoms. The van der Waals surface area contributed by atoms with Gasteiger partial charge in [-0.3, -0.25) is 9.59 Å². The lowest BCUT2D eigenvalue weighted by Crippen LogP contribution is -2.25. The first kappa shape index (κ1) is 15.1. The summed E-state index contributed by atoms with van der Waals surface area (Å²) in [5.74, 6) is 0.323. The molecule has 5 heteroatoms. The molecule has 0 bridgehead atoms. The number of carbonyl (C=O) groups is 2. The minimum atomic E-state index is -0.165. The van der Waals surface area contributed by atoms with Crippen LogP contribution in [0.4, 0.5) is 5.69 Å². The third-order valence-electron chi connectivity index (χ3n) is 3.64. The maximum Gasteiger partial charge on any atom is 0.251 e. The number of ether oxygens (including phenoxy) is 1. The first-order valence-corrected chi connectivity index (χ1v) is 7.61. The van der Waals surface area contributed by atoms with Gasteiger partial charge in [0.25, 0.3) is 5.91 Å². The number of hydrogen-bond acceptors (Lipinski definition) is 3. The summed E-state index contributed by atoms with van der Waals surface area (Å²) in [6.45, 7) is 0.907. The van der Waals surface area contributed by atoms with Gasteiger partial charge >= 0.3 is 0 Å². The van der Waals surface area contributed by atoms with Crippen LogP contribution in [0.15, 0.2) is 48.5 Å². The predicted molar refractivity (Wildman–Crippen MR) is 87.7 cm³/mol. The summed E-state index contributed by atoms with van der Waals surface area (Å²) in [7, 11) is 0. The lowest BCUT2D eigenvalue weighted by atomic mass is 10.1. The highest BCUT2D eigenvalue weighted by atomic mass is 16.5. The molecule has 0 aliphatic carbocycles. The van der Waals surface area contributed by atoms with Crippen LogP contribution in [-0.4, -0.2) is 25.0 Å². The fraction of sp³-hybridized carbons (Fsp3) is 0.222. The van der Waals surface area contributed by atoms with E-state index in [4.69, 9.17) is 4.74 Å². The van der Waals surface area contributed by atoms with Crippen molar-refractivity contribution < 1.29 is 14.3 Å². The van der Waals surface area contributed by atoms with Gasteiger partial charge in [-0.1, -0.05) is 30.3 Å². The summed E-state index contributed by atoms with van der Waals surface area (Å²) in [4.78, 5) is 23.8. The Morgan fingerprint density at radius 3 is 2.83 bits per heavy atom. The van der Waals surface area contributed by atoms with Crippen molar-refractivity contribution in [2.24, 2.45) is 0 Å². The van der Waals surface area contributed by atoms with Gasteiger partial charge in [0.05, 0.1) is 18.7 Å². The molecule has 0 radical (unpaired) electrons. The molecule has 2 amide bonds. The van der Waals surface area contributed by atoms with Gasteiger partial charge in [-0.05, 0) is 30.2 Å². The van der Waals surface area contributed by atoms with Crippen LogP contribution in [0.25, 0.3) is 0 Å². The zero-order valence-corrected chi connectivity index (χ0v) is 12.7. The lowest BCUT2D eigenvalue weighted by molar-refractivity contribution is -0.116. The summed E-state index contributed by atoms with van der Waals surface area (Å²) >= 11 is 0. The SMILES string of the molecule is O=C1CCOc2ccc(C(=O)NCCc3ccccc3)cc2N1. The molecule has 1 heterocycles. The Labute approximate surface area is 134 Å². The van der Waals surface area contributed by atoms with Gasteiger partial charge in [-0.15, -0.1) is 0 Å². The largest absolute Gasteiger partial charge is 0.491 e. The second kappa shape index (κ2) is 6.96. The smallest absolute Gasteiger partial charge is 0.251 e. The third-order valence-corrected chi connectivity index (χ3v) is 3.64. The summed E-state index contributed by atoms with van der Waals surface area (Å²) < 4.78 is 5.48. The van der Waals surface area contributed by atoms with E-state index in [1.165, 1.54) is 5.56 Å². The van der Waals surface area contributed by atoms with Crippen molar-refractivity contribution in [1.29, 1.82) is 0 Å². The fourth-order valence-electron chi connectivity index (χ4n) is 2.43. The van der Waals surface area contributed by atoms with Gasteiger partial charge in [-0.2, -0.15) is 0 Å². The predicted octanol–water partition coefficient (Wildman–Crippen LogP) is 2.38. The molecule has 0 spiro atoms. The van der Waals surface area contributed by atoms with E-state index >= 15 is 0 Å². The number of rotatable bonds is 4. The first-order valence-electron chi connectivity index (χ1n) is 7.61. The van der Waals surface area contributed by atoms with Crippen LogP contribution in [0.5, 0.6) is 5.75 Å². The van der Waals surface area contributed by atoms with Crippen LogP contribution < -0.4 is 15.4 Å². The molecule has 0 atom stereocenters. The average molecular weight is 310 g/mol. The van der Waals surface area contributed by atoms with E-state index in [9.17, 15) is 9.59 Å². The van der Waals surface area contributed by atoms with Crippen molar-refractivity contribution in [2.45, 2.75) is 12.8 Å². The molecule has 1 aliphatic heterocycles. The van der Waals surface area contributed by atoms with Crippen molar-refractivity contribution in [3.8, 4) is 5.75 Å². The summed E-state index contributed by atoms with van der Waals surface area (Å²) in [5, 5.41) is 5.64. The van der Waals surface area contributed by atoms with E-state index in [0.29, 0.717) is 36.6 Å². The van der Waals surface area contributed by atoms with Gasteiger partial charge in [0, 0.05) is 12.1 Å². The maximum atomic E-state index is 12.2. The number of hydrogen-bond donors (Lipinski definition) is 2. The molecule has 2 aromatic carbocycles. The number of benzene rings is 2. The summed E-state index contributed by atoms with van der Waals surface area (Å²) in [6, 6.07) is 15.0. The molecular weight excluding hydrogens is 292 g/mol. The monoisotopic (exact) mass is 310 g/mol. The summed E-state index contributed by atoms with van der Waals surface area (Å²) in [5.41, 5.74) is 2.22. The molecule has 118 valence electrons. The number of amides is 2. The Hall–Kier alpha value is -2.82. The van der Waals surface area contributed by atoms with Crippen molar-refractivity contribution in [3.63, 3.8) is 0 Å². The first-order chi connectivity index (χ1) is 11.2. The quantitative estimate of drug-likeness (QED) is 0.911. The molecular formula is C18H18N2O3. The highest BCUT2D eigenvalue weighted by molar-refractivity contribution is 5.98.